The number of rotatable bonds is 12. The Labute approximate surface area is 142 Å². The van der Waals surface area contributed by atoms with E-state index in [1.54, 1.807) is 0 Å². The highest BCUT2D eigenvalue weighted by atomic mass is 16.5. The van der Waals surface area contributed by atoms with E-state index in [0.29, 0.717) is 31.0 Å². The average Bonchev–Trinajstić information content (AvgIpc) is 3.01. The largest absolute Gasteiger partial charge is 0.381 e. The van der Waals surface area contributed by atoms with Crippen LogP contribution < -0.4 is 5.32 Å². The highest BCUT2D eigenvalue weighted by Crippen LogP contribution is 2.18. The minimum atomic E-state index is 0.299. The molecule has 1 rings (SSSR count). The van der Waals surface area contributed by atoms with E-state index >= 15 is 0 Å². The number of nitrogens with one attached hydrogen (secondary N) is 1. The summed E-state index contributed by atoms with van der Waals surface area (Å²) in [7, 11) is 0. The summed E-state index contributed by atoms with van der Waals surface area (Å²) in [6, 6.07) is 0.842. The maximum Gasteiger partial charge on any atom is 0.222 e. The van der Waals surface area contributed by atoms with Gasteiger partial charge in [0.1, 0.15) is 0 Å². The van der Waals surface area contributed by atoms with E-state index in [-0.39, 0.29) is 0 Å². The van der Waals surface area contributed by atoms with Crippen LogP contribution in [0.25, 0.3) is 0 Å². The molecule has 4 heteroatoms. The van der Waals surface area contributed by atoms with E-state index < -0.39 is 0 Å². The van der Waals surface area contributed by atoms with Gasteiger partial charge in [0.2, 0.25) is 5.91 Å². The molecule has 1 aliphatic heterocycles. The van der Waals surface area contributed by atoms with Crippen molar-refractivity contribution in [2.45, 2.75) is 77.8 Å². The number of nitrogens with zero attached hydrogens (tertiary/aromatic N) is 1. The summed E-state index contributed by atoms with van der Waals surface area (Å²) in [6.45, 7) is 9.82. The fraction of sp³-hybridized carbons (Fsp3) is 0.842. The first-order valence-corrected chi connectivity index (χ1v) is 9.44. The Hall–Kier alpha value is -0.870. The van der Waals surface area contributed by atoms with Crippen molar-refractivity contribution in [2.24, 2.45) is 0 Å². The first-order chi connectivity index (χ1) is 11.2. The zero-order valence-electron chi connectivity index (χ0n) is 15.4. The highest BCUT2D eigenvalue weighted by molar-refractivity contribution is 5.76. The van der Waals surface area contributed by atoms with Gasteiger partial charge in [0.15, 0.2) is 0 Å². The molecule has 1 saturated heterocycles. The third kappa shape index (κ3) is 8.52. The molecular weight excluding hydrogens is 288 g/mol. The molecule has 0 bridgehead atoms. The van der Waals surface area contributed by atoms with Crippen molar-refractivity contribution in [3.05, 3.63) is 12.2 Å². The topological polar surface area (TPSA) is 41.6 Å². The van der Waals surface area contributed by atoms with E-state index in [2.05, 4.69) is 43.1 Å². The van der Waals surface area contributed by atoms with Crippen LogP contribution in [0.3, 0.4) is 0 Å². The monoisotopic (exact) mass is 324 g/mol. The van der Waals surface area contributed by atoms with E-state index in [9.17, 15) is 4.79 Å². The number of ether oxygens (including phenoxy) is 1. The second-order valence-electron chi connectivity index (χ2n) is 6.52. The summed E-state index contributed by atoms with van der Waals surface area (Å²) >= 11 is 0. The number of carbonyl (C=O) groups is 1. The fourth-order valence-corrected chi connectivity index (χ4v) is 2.98. The summed E-state index contributed by atoms with van der Waals surface area (Å²) < 4.78 is 5.46. The van der Waals surface area contributed by atoms with Crippen LogP contribution in [0.15, 0.2) is 12.2 Å². The molecule has 1 amide bonds. The Bertz CT molecular complexity index is 344. The Morgan fingerprint density at radius 1 is 1.35 bits per heavy atom. The molecule has 0 aliphatic carbocycles. The van der Waals surface area contributed by atoms with Gasteiger partial charge in [0.05, 0.1) is 0 Å². The van der Waals surface area contributed by atoms with Crippen molar-refractivity contribution in [3.63, 3.8) is 0 Å². The Balaban J connectivity index is 2.24. The van der Waals surface area contributed by atoms with Crippen LogP contribution in [-0.2, 0) is 9.53 Å². The summed E-state index contributed by atoms with van der Waals surface area (Å²) in [5.41, 5.74) is 0. The molecule has 0 aromatic carbocycles. The normalized spacial score (nSPS) is 19.6. The van der Waals surface area contributed by atoms with Crippen LogP contribution in [0.4, 0.5) is 0 Å². The van der Waals surface area contributed by atoms with E-state index in [0.717, 1.165) is 58.2 Å². The highest BCUT2D eigenvalue weighted by Gasteiger charge is 2.28. The lowest BCUT2D eigenvalue weighted by molar-refractivity contribution is -0.132. The minimum Gasteiger partial charge on any atom is -0.381 e. The lowest BCUT2D eigenvalue weighted by atomic mass is 10.1. The van der Waals surface area contributed by atoms with Gasteiger partial charge in [-0.15, -0.1) is 0 Å². The molecule has 0 aromatic heterocycles. The summed E-state index contributed by atoms with van der Waals surface area (Å²) in [6.07, 6.45) is 11.4. The number of hydrogen-bond donors (Lipinski definition) is 1. The van der Waals surface area contributed by atoms with Crippen molar-refractivity contribution >= 4 is 5.91 Å². The number of allylic oxidation sites excluding steroid dienone is 1. The number of hydrogen-bond acceptors (Lipinski definition) is 3. The van der Waals surface area contributed by atoms with Gasteiger partial charge < -0.3 is 15.0 Å². The molecular formula is C19H36N2O2. The minimum absolute atomic E-state index is 0.299. The first kappa shape index (κ1) is 20.2. The maximum absolute atomic E-state index is 12.4. The van der Waals surface area contributed by atoms with Crippen molar-refractivity contribution < 1.29 is 9.53 Å². The average molecular weight is 325 g/mol. The Morgan fingerprint density at radius 3 is 2.91 bits per heavy atom. The van der Waals surface area contributed by atoms with Crippen LogP contribution in [0.2, 0.25) is 0 Å². The van der Waals surface area contributed by atoms with E-state index in [4.69, 9.17) is 4.74 Å². The molecule has 0 spiro atoms. The smallest absolute Gasteiger partial charge is 0.222 e. The predicted molar refractivity (Wildman–Crippen MR) is 96.6 cm³/mol. The fourth-order valence-electron chi connectivity index (χ4n) is 2.98. The molecule has 134 valence electrons. The lowest BCUT2D eigenvalue weighted by Crippen LogP contribution is -2.43. The van der Waals surface area contributed by atoms with Gasteiger partial charge in [-0.3, -0.25) is 4.79 Å². The lowest BCUT2D eigenvalue weighted by Gasteiger charge is -2.26. The standard InChI is InChI=1S/C19H36N2O2/c1-4-6-7-10-17(3)20-16-18-11-8-13-21(18)19(22)12-9-15-23-14-5-2/h6-7,17-18,20H,4-5,8-16H2,1-3H3/b7-6-. The van der Waals surface area contributed by atoms with Gasteiger partial charge >= 0.3 is 0 Å². The quantitative estimate of drug-likeness (QED) is 0.441. The molecule has 1 heterocycles. The Morgan fingerprint density at radius 2 is 2.17 bits per heavy atom. The molecule has 2 unspecified atom stereocenters. The second-order valence-corrected chi connectivity index (χ2v) is 6.52. The first-order valence-electron chi connectivity index (χ1n) is 9.44. The number of likely N-dealkylation sites (tertiary alicyclic amines) is 1. The van der Waals surface area contributed by atoms with Crippen molar-refractivity contribution in [1.29, 1.82) is 0 Å². The van der Waals surface area contributed by atoms with Gasteiger partial charge in [-0.2, -0.15) is 0 Å². The van der Waals surface area contributed by atoms with Crippen molar-refractivity contribution in [3.8, 4) is 0 Å². The molecule has 4 nitrogen and oxygen atoms in total. The molecule has 1 fully saturated rings. The molecule has 1 N–H and O–H groups in total. The second kappa shape index (κ2) is 12.5. The molecule has 1 aliphatic rings. The molecule has 0 saturated carbocycles. The molecule has 23 heavy (non-hydrogen) atoms. The van der Waals surface area contributed by atoms with Gasteiger partial charge in [-0.05, 0) is 45.4 Å². The molecule has 0 aromatic rings. The predicted octanol–water partition coefficient (Wildman–Crippen LogP) is 3.52. The Kier molecular flexibility index (Phi) is 11.0. The summed E-state index contributed by atoms with van der Waals surface area (Å²) in [5.74, 6) is 0.299. The SMILES string of the molecule is CC/C=C\CC(C)NCC1CCCN1C(=O)CCCOCCC. The van der Waals surface area contributed by atoms with Crippen LogP contribution in [0.5, 0.6) is 0 Å². The molecule has 0 radical (unpaired) electrons. The van der Waals surface area contributed by atoms with Gasteiger partial charge in [-0.25, -0.2) is 0 Å². The van der Waals surface area contributed by atoms with Crippen molar-refractivity contribution in [2.75, 3.05) is 26.3 Å². The van der Waals surface area contributed by atoms with Crippen LogP contribution in [-0.4, -0.2) is 49.2 Å². The van der Waals surface area contributed by atoms with E-state index in [1.165, 1.54) is 0 Å². The van der Waals surface area contributed by atoms with Crippen LogP contribution >= 0.6 is 0 Å². The van der Waals surface area contributed by atoms with Gasteiger partial charge in [-0.1, -0.05) is 26.0 Å². The maximum atomic E-state index is 12.4. The van der Waals surface area contributed by atoms with Crippen molar-refractivity contribution in [1.82, 2.24) is 10.2 Å². The summed E-state index contributed by atoms with van der Waals surface area (Å²) in [4.78, 5) is 14.5. The van der Waals surface area contributed by atoms with Gasteiger partial charge in [0.25, 0.3) is 0 Å². The van der Waals surface area contributed by atoms with Gasteiger partial charge in [0, 0.05) is 44.8 Å². The zero-order valence-corrected chi connectivity index (χ0v) is 15.4. The number of amides is 1. The van der Waals surface area contributed by atoms with Crippen LogP contribution in [0, 0.1) is 0 Å². The van der Waals surface area contributed by atoms with Crippen LogP contribution in [0.1, 0.15) is 65.7 Å². The number of carbonyl (C=O) groups excluding carboxylic acids is 1. The summed E-state index contributed by atoms with van der Waals surface area (Å²) in [5, 5.41) is 3.58. The third-order valence-corrected chi connectivity index (χ3v) is 4.32. The van der Waals surface area contributed by atoms with E-state index in [1.807, 2.05) is 0 Å². The molecule has 2 atom stereocenters. The zero-order chi connectivity index (χ0) is 16.9. The third-order valence-electron chi connectivity index (χ3n) is 4.32.